The van der Waals surface area contributed by atoms with Gasteiger partial charge in [-0.2, -0.15) is 0 Å². The van der Waals surface area contributed by atoms with Crippen molar-refractivity contribution in [1.82, 2.24) is 4.90 Å². The first-order chi connectivity index (χ1) is 10.6. The predicted molar refractivity (Wildman–Crippen MR) is 87.3 cm³/mol. The lowest BCUT2D eigenvalue weighted by molar-refractivity contribution is 0.0734. The Morgan fingerprint density at radius 1 is 1.18 bits per heavy atom. The molecule has 0 saturated heterocycles. The van der Waals surface area contributed by atoms with Gasteiger partial charge in [-0.3, -0.25) is 0 Å². The lowest BCUT2D eigenvalue weighted by atomic mass is 10.1. The van der Waals surface area contributed by atoms with E-state index in [1.807, 2.05) is 37.3 Å². The molecule has 0 spiro atoms. The molecule has 1 aliphatic carbocycles. The van der Waals surface area contributed by atoms with Gasteiger partial charge in [-0.1, -0.05) is 24.3 Å². The summed E-state index contributed by atoms with van der Waals surface area (Å²) in [5, 5.41) is 0. The number of rotatable bonds is 3. The Morgan fingerprint density at radius 3 is 2.68 bits per heavy atom. The summed E-state index contributed by atoms with van der Waals surface area (Å²) in [6.07, 6.45) is 2.21. The largest absolute Gasteiger partial charge is 0.423 e. The molecule has 0 aromatic heterocycles. The first-order valence-electron chi connectivity index (χ1n) is 7.63. The van der Waals surface area contributed by atoms with Crippen molar-refractivity contribution < 1.29 is 9.53 Å². The van der Waals surface area contributed by atoms with Crippen LogP contribution in [0.4, 0.5) is 0 Å². The first-order valence-corrected chi connectivity index (χ1v) is 7.63. The molecule has 0 amide bonds. The van der Waals surface area contributed by atoms with Gasteiger partial charge in [0.2, 0.25) is 0 Å². The second-order valence-corrected chi connectivity index (χ2v) is 6.08. The van der Waals surface area contributed by atoms with Crippen molar-refractivity contribution in [1.29, 1.82) is 0 Å². The Kier molecular flexibility index (Phi) is 3.99. The Hall–Kier alpha value is -2.13. The zero-order chi connectivity index (χ0) is 15.7. The smallest absolute Gasteiger partial charge is 0.343 e. The van der Waals surface area contributed by atoms with E-state index >= 15 is 0 Å². The highest BCUT2D eigenvalue weighted by Gasteiger charge is 2.25. The summed E-state index contributed by atoms with van der Waals surface area (Å²) < 4.78 is 5.58. The highest BCUT2D eigenvalue weighted by molar-refractivity contribution is 5.92. The molecule has 0 saturated carbocycles. The van der Waals surface area contributed by atoms with E-state index in [4.69, 9.17) is 4.74 Å². The molecule has 3 nitrogen and oxygen atoms in total. The summed E-state index contributed by atoms with van der Waals surface area (Å²) in [5.74, 6) is 0.332. The minimum atomic E-state index is -0.294. The van der Waals surface area contributed by atoms with Crippen molar-refractivity contribution in [2.24, 2.45) is 0 Å². The number of nitrogens with zero attached hydrogens (tertiary/aromatic N) is 1. The van der Waals surface area contributed by atoms with Crippen LogP contribution >= 0.6 is 0 Å². The standard InChI is InChI=1S/C19H21NO2/c1-13-6-4-5-7-16(13)19(21)22-15-10-8-14-9-11-18(20(2)3)17(14)12-15/h4-8,10,12,18H,9,11H2,1-3H3/t18-/m1/s1. The molecule has 3 heteroatoms. The van der Waals surface area contributed by atoms with E-state index in [0.29, 0.717) is 17.4 Å². The number of ether oxygens (including phenoxy) is 1. The van der Waals surface area contributed by atoms with E-state index in [-0.39, 0.29) is 5.97 Å². The van der Waals surface area contributed by atoms with Crippen molar-refractivity contribution in [2.45, 2.75) is 25.8 Å². The van der Waals surface area contributed by atoms with Crippen LogP contribution in [0.2, 0.25) is 0 Å². The molecule has 22 heavy (non-hydrogen) atoms. The Labute approximate surface area is 131 Å². The average molecular weight is 295 g/mol. The Balaban J connectivity index is 1.84. The van der Waals surface area contributed by atoms with Crippen LogP contribution in [0, 0.1) is 6.92 Å². The molecule has 2 aromatic rings. The van der Waals surface area contributed by atoms with Gasteiger partial charge in [0.1, 0.15) is 5.75 Å². The summed E-state index contributed by atoms with van der Waals surface area (Å²) in [4.78, 5) is 14.5. The second kappa shape index (κ2) is 5.93. The van der Waals surface area contributed by atoms with Gasteiger partial charge in [-0.05, 0) is 68.8 Å². The van der Waals surface area contributed by atoms with E-state index in [2.05, 4.69) is 25.1 Å². The molecule has 0 unspecified atom stereocenters. The zero-order valence-corrected chi connectivity index (χ0v) is 13.3. The molecule has 1 atom stereocenters. The summed E-state index contributed by atoms with van der Waals surface area (Å²) >= 11 is 0. The molecule has 0 heterocycles. The molecule has 0 aliphatic heterocycles. The topological polar surface area (TPSA) is 29.5 Å². The highest BCUT2D eigenvalue weighted by atomic mass is 16.5. The van der Waals surface area contributed by atoms with Crippen molar-refractivity contribution in [2.75, 3.05) is 14.1 Å². The van der Waals surface area contributed by atoms with E-state index in [1.165, 1.54) is 11.1 Å². The number of carbonyl (C=O) groups is 1. The van der Waals surface area contributed by atoms with E-state index in [9.17, 15) is 4.79 Å². The third-order valence-electron chi connectivity index (χ3n) is 4.36. The van der Waals surface area contributed by atoms with E-state index in [0.717, 1.165) is 18.4 Å². The summed E-state index contributed by atoms with van der Waals surface area (Å²) in [7, 11) is 4.18. The van der Waals surface area contributed by atoms with E-state index < -0.39 is 0 Å². The van der Waals surface area contributed by atoms with Crippen LogP contribution in [0.25, 0.3) is 0 Å². The van der Waals surface area contributed by atoms with Gasteiger partial charge in [0.05, 0.1) is 5.56 Å². The lowest BCUT2D eigenvalue weighted by Crippen LogP contribution is -2.17. The van der Waals surface area contributed by atoms with Crippen molar-refractivity contribution in [3.05, 3.63) is 64.7 Å². The van der Waals surface area contributed by atoms with Crippen molar-refractivity contribution in [3.8, 4) is 5.75 Å². The van der Waals surface area contributed by atoms with Gasteiger partial charge in [0, 0.05) is 6.04 Å². The number of carbonyl (C=O) groups excluding carboxylic acids is 1. The van der Waals surface area contributed by atoms with Gasteiger partial charge in [0.15, 0.2) is 0 Å². The third kappa shape index (κ3) is 2.77. The fourth-order valence-electron chi connectivity index (χ4n) is 3.12. The SMILES string of the molecule is Cc1ccccc1C(=O)Oc1ccc2c(c1)[C@H](N(C)C)CC2. The fourth-order valence-corrected chi connectivity index (χ4v) is 3.12. The van der Waals surface area contributed by atoms with Gasteiger partial charge in [-0.25, -0.2) is 4.79 Å². The summed E-state index contributed by atoms with van der Waals surface area (Å²) in [6, 6.07) is 13.9. The maximum Gasteiger partial charge on any atom is 0.343 e. The minimum Gasteiger partial charge on any atom is -0.423 e. The Bertz CT molecular complexity index is 706. The Morgan fingerprint density at radius 2 is 1.95 bits per heavy atom. The molecule has 3 rings (SSSR count). The van der Waals surface area contributed by atoms with Crippen LogP contribution < -0.4 is 4.74 Å². The molecule has 114 valence electrons. The number of aryl methyl sites for hydroxylation is 2. The van der Waals surface area contributed by atoms with Crippen molar-refractivity contribution in [3.63, 3.8) is 0 Å². The maximum absolute atomic E-state index is 12.3. The van der Waals surface area contributed by atoms with Crippen LogP contribution in [0.1, 0.15) is 39.5 Å². The summed E-state index contributed by atoms with van der Waals surface area (Å²) in [5.41, 5.74) is 4.18. The minimum absolute atomic E-state index is 0.294. The second-order valence-electron chi connectivity index (χ2n) is 6.08. The molecule has 0 N–H and O–H groups in total. The molecule has 0 radical (unpaired) electrons. The quantitative estimate of drug-likeness (QED) is 0.638. The number of hydrogen-bond acceptors (Lipinski definition) is 3. The third-order valence-corrected chi connectivity index (χ3v) is 4.36. The zero-order valence-electron chi connectivity index (χ0n) is 13.3. The van der Waals surface area contributed by atoms with Crippen LogP contribution in [0.3, 0.4) is 0 Å². The number of esters is 1. The van der Waals surface area contributed by atoms with Crippen molar-refractivity contribution >= 4 is 5.97 Å². The maximum atomic E-state index is 12.3. The molecule has 1 aliphatic rings. The summed E-state index contributed by atoms with van der Waals surface area (Å²) in [6.45, 7) is 1.92. The lowest BCUT2D eigenvalue weighted by Gasteiger charge is -2.20. The average Bonchev–Trinajstić information content (AvgIpc) is 2.91. The number of benzene rings is 2. The van der Waals surface area contributed by atoms with Gasteiger partial charge in [0.25, 0.3) is 0 Å². The van der Waals surface area contributed by atoms with Crippen LogP contribution in [-0.2, 0) is 6.42 Å². The van der Waals surface area contributed by atoms with E-state index in [1.54, 1.807) is 6.07 Å². The number of hydrogen-bond donors (Lipinski definition) is 0. The number of fused-ring (bicyclic) bond motifs is 1. The van der Waals surface area contributed by atoms with Crippen LogP contribution in [-0.4, -0.2) is 25.0 Å². The van der Waals surface area contributed by atoms with Crippen LogP contribution in [0.15, 0.2) is 42.5 Å². The van der Waals surface area contributed by atoms with Gasteiger partial charge in [-0.15, -0.1) is 0 Å². The fraction of sp³-hybridized carbons (Fsp3) is 0.316. The molecular formula is C19H21NO2. The molecule has 0 bridgehead atoms. The molecule has 0 fully saturated rings. The first kappa shape index (κ1) is 14.8. The molecule has 2 aromatic carbocycles. The van der Waals surface area contributed by atoms with Gasteiger partial charge < -0.3 is 9.64 Å². The van der Waals surface area contributed by atoms with Gasteiger partial charge >= 0.3 is 5.97 Å². The normalized spacial score (nSPS) is 16.6. The predicted octanol–water partition coefficient (Wildman–Crippen LogP) is 3.76. The molecular weight excluding hydrogens is 274 g/mol. The van der Waals surface area contributed by atoms with Crippen LogP contribution in [0.5, 0.6) is 5.75 Å². The highest BCUT2D eigenvalue weighted by Crippen LogP contribution is 2.36. The monoisotopic (exact) mass is 295 g/mol.